The summed E-state index contributed by atoms with van der Waals surface area (Å²) in [4.78, 5) is 37.8. The lowest BCUT2D eigenvalue weighted by molar-refractivity contribution is -0.151. The number of hydrogen-bond acceptors (Lipinski definition) is 4. The van der Waals surface area contributed by atoms with Gasteiger partial charge in [0.1, 0.15) is 0 Å². The lowest BCUT2D eigenvalue weighted by atomic mass is 10.1. The highest BCUT2D eigenvalue weighted by atomic mass is 19.4. The van der Waals surface area contributed by atoms with Crippen LogP contribution in [0.3, 0.4) is 0 Å². The Kier molecular flexibility index (Phi) is 6.39. The van der Waals surface area contributed by atoms with Crippen LogP contribution in [0.15, 0.2) is 54.6 Å². The fourth-order valence-electron chi connectivity index (χ4n) is 3.17. The molecule has 158 valence electrons. The van der Waals surface area contributed by atoms with Gasteiger partial charge in [-0.15, -0.1) is 0 Å². The minimum Gasteiger partial charge on any atom is -0.455 e. The summed E-state index contributed by atoms with van der Waals surface area (Å²) in [6.45, 7) is -0.225. The van der Waals surface area contributed by atoms with E-state index in [9.17, 15) is 27.6 Å². The highest BCUT2D eigenvalue weighted by molar-refractivity contribution is 5.94. The molecule has 1 saturated heterocycles. The first-order valence-corrected chi connectivity index (χ1v) is 9.18. The molecular formula is C21H19F3N2O4. The molecule has 0 aromatic heterocycles. The van der Waals surface area contributed by atoms with E-state index in [1.807, 2.05) is 30.3 Å². The first kappa shape index (κ1) is 21.4. The van der Waals surface area contributed by atoms with Crippen molar-refractivity contribution in [1.29, 1.82) is 0 Å². The number of para-hydroxylation sites is 1. The molecule has 1 heterocycles. The Morgan fingerprint density at radius 3 is 2.43 bits per heavy atom. The molecule has 1 fully saturated rings. The summed E-state index contributed by atoms with van der Waals surface area (Å²) in [7, 11) is 0. The summed E-state index contributed by atoms with van der Waals surface area (Å²) in [5.41, 5.74) is -0.499. The molecule has 6 nitrogen and oxygen atoms in total. The molecule has 2 aromatic carbocycles. The normalized spacial score (nSPS) is 16.4. The van der Waals surface area contributed by atoms with Crippen molar-refractivity contribution >= 4 is 23.5 Å². The number of alkyl halides is 3. The van der Waals surface area contributed by atoms with Gasteiger partial charge in [0.25, 0.3) is 5.91 Å². The number of anilines is 1. The third-order valence-corrected chi connectivity index (χ3v) is 4.62. The predicted octanol–water partition coefficient (Wildman–Crippen LogP) is 3.24. The van der Waals surface area contributed by atoms with E-state index in [4.69, 9.17) is 4.74 Å². The maximum Gasteiger partial charge on any atom is 0.418 e. The van der Waals surface area contributed by atoms with Gasteiger partial charge in [-0.1, -0.05) is 42.5 Å². The Morgan fingerprint density at radius 1 is 1.07 bits per heavy atom. The van der Waals surface area contributed by atoms with Gasteiger partial charge in [-0.3, -0.25) is 14.4 Å². The van der Waals surface area contributed by atoms with E-state index >= 15 is 0 Å². The van der Waals surface area contributed by atoms with E-state index in [0.717, 1.165) is 17.7 Å². The third-order valence-electron chi connectivity index (χ3n) is 4.62. The highest BCUT2D eigenvalue weighted by Crippen LogP contribution is 2.34. The predicted molar refractivity (Wildman–Crippen MR) is 101 cm³/mol. The summed E-state index contributed by atoms with van der Waals surface area (Å²) < 4.78 is 43.8. The molecular weight excluding hydrogens is 401 g/mol. The Labute approximate surface area is 170 Å². The molecule has 0 aliphatic carbocycles. The van der Waals surface area contributed by atoms with Crippen LogP contribution in [0.2, 0.25) is 0 Å². The van der Waals surface area contributed by atoms with E-state index in [1.165, 1.54) is 17.0 Å². The summed E-state index contributed by atoms with van der Waals surface area (Å²) in [6.07, 6.45) is -4.67. The molecule has 0 unspecified atom stereocenters. The Bertz CT molecular complexity index is 931. The van der Waals surface area contributed by atoms with Gasteiger partial charge in [-0.05, 0) is 17.7 Å². The highest BCUT2D eigenvalue weighted by Gasteiger charge is 2.36. The Hall–Kier alpha value is -3.36. The second-order valence-corrected chi connectivity index (χ2v) is 6.86. The van der Waals surface area contributed by atoms with Crippen LogP contribution in [-0.2, 0) is 31.8 Å². The van der Waals surface area contributed by atoms with Gasteiger partial charge in [-0.25, -0.2) is 0 Å². The summed E-state index contributed by atoms with van der Waals surface area (Å²) in [5, 5.41) is 2.10. The van der Waals surface area contributed by atoms with E-state index in [2.05, 4.69) is 5.32 Å². The topological polar surface area (TPSA) is 75.7 Å². The number of amides is 2. The molecule has 0 saturated carbocycles. The van der Waals surface area contributed by atoms with Crippen molar-refractivity contribution in [2.45, 2.75) is 19.1 Å². The van der Waals surface area contributed by atoms with E-state index in [-0.39, 0.29) is 18.9 Å². The summed E-state index contributed by atoms with van der Waals surface area (Å²) >= 11 is 0. The second-order valence-electron chi connectivity index (χ2n) is 6.86. The van der Waals surface area contributed by atoms with Crippen LogP contribution in [0.4, 0.5) is 18.9 Å². The lowest BCUT2D eigenvalue weighted by Gasteiger charge is -2.16. The number of benzene rings is 2. The van der Waals surface area contributed by atoms with Crippen molar-refractivity contribution < 1.29 is 32.3 Å². The van der Waals surface area contributed by atoms with E-state index in [0.29, 0.717) is 6.54 Å². The van der Waals surface area contributed by atoms with Crippen LogP contribution in [0.5, 0.6) is 0 Å². The second kappa shape index (κ2) is 8.98. The zero-order chi connectivity index (χ0) is 21.7. The largest absolute Gasteiger partial charge is 0.455 e. The monoisotopic (exact) mass is 420 g/mol. The van der Waals surface area contributed by atoms with Gasteiger partial charge in [0.05, 0.1) is 17.2 Å². The zero-order valence-corrected chi connectivity index (χ0v) is 15.8. The number of carbonyl (C=O) groups is 3. The molecule has 0 bridgehead atoms. The van der Waals surface area contributed by atoms with E-state index in [1.54, 1.807) is 0 Å². The quantitative estimate of drug-likeness (QED) is 0.728. The smallest absolute Gasteiger partial charge is 0.418 e. The number of likely N-dealkylation sites (tertiary alicyclic amines) is 1. The average molecular weight is 420 g/mol. The summed E-state index contributed by atoms with van der Waals surface area (Å²) in [6, 6.07) is 13.8. The van der Waals surface area contributed by atoms with Crippen molar-refractivity contribution in [3.05, 3.63) is 65.7 Å². The number of halogens is 3. The molecule has 1 N–H and O–H groups in total. The van der Waals surface area contributed by atoms with Crippen LogP contribution >= 0.6 is 0 Å². The molecule has 1 atom stereocenters. The lowest BCUT2D eigenvalue weighted by Crippen LogP contribution is -2.28. The molecule has 1 aliphatic rings. The number of esters is 1. The van der Waals surface area contributed by atoms with E-state index < -0.39 is 41.8 Å². The Balaban J connectivity index is 1.51. The number of carbonyl (C=O) groups excluding carboxylic acids is 3. The van der Waals surface area contributed by atoms with Gasteiger partial charge in [-0.2, -0.15) is 13.2 Å². The first-order chi connectivity index (χ1) is 14.2. The number of rotatable bonds is 6. The third kappa shape index (κ3) is 5.37. The molecule has 9 heteroatoms. The number of ether oxygens (including phenoxy) is 1. The maximum absolute atomic E-state index is 13.0. The van der Waals surface area contributed by atoms with Crippen LogP contribution in [0, 0.1) is 5.92 Å². The molecule has 30 heavy (non-hydrogen) atoms. The average Bonchev–Trinajstić information content (AvgIpc) is 3.07. The minimum atomic E-state index is -4.63. The zero-order valence-electron chi connectivity index (χ0n) is 15.8. The fourth-order valence-corrected chi connectivity index (χ4v) is 3.17. The Morgan fingerprint density at radius 2 is 1.73 bits per heavy atom. The minimum absolute atomic E-state index is 0.0375. The van der Waals surface area contributed by atoms with Crippen molar-refractivity contribution in [2.75, 3.05) is 18.5 Å². The molecule has 2 amide bonds. The van der Waals surface area contributed by atoms with Gasteiger partial charge in [0, 0.05) is 19.5 Å². The number of hydrogen-bond donors (Lipinski definition) is 1. The molecule has 0 spiro atoms. The van der Waals surface area contributed by atoms with Crippen LogP contribution in [0.1, 0.15) is 17.5 Å². The first-order valence-electron chi connectivity index (χ1n) is 9.18. The van der Waals surface area contributed by atoms with Gasteiger partial charge >= 0.3 is 12.1 Å². The SMILES string of the molecule is O=C(COC(=O)[C@H]1CC(=O)N(Cc2ccccc2)C1)Nc1ccccc1C(F)(F)F. The molecule has 2 aromatic rings. The van der Waals surface area contributed by atoms with Gasteiger partial charge in [0.15, 0.2) is 6.61 Å². The van der Waals surface area contributed by atoms with Crippen molar-refractivity contribution in [3.63, 3.8) is 0 Å². The van der Waals surface area contributed by atoms with Gasteiger partial charge < -0.3 is 15.0 Å². The standard InChI is InChI=1S/C21H19F3N2O4/c22-21(23,24)16-8-4-5-9-17(16)25-18(27)13-30-20(29)15-10-19(28)26(12-15)11-14-6-2-1-3-7-14/h1-9,15H,10-13H2,(H,25,27)/t15-/m0/s1. The maximum atomic E-state index is 13.0. The summed E-state index contributed by atoms with van der Waals surface area (Å²) in [5.74, 6) is -2.57. The fraction of sp³-hybridized carbons (Fsp3) is 0.286. The molecule has 1 aliphatic heterocycles. The number of nitrogens with one attached hydrogen (secondary N) is 1. The van der Waals surface area contributed by atoms with Crippen LogP contribution in [0.25, 0.3) is 0 Å². The number of nitrogens with zero attached hydrogens (tertiary/aromatic N) is 1. The molecule has 3 rings (SSSR count). The van der Waals surface area contributed by atoms with Crippen LogP contribution < -0.4 is 5.32 Å². The van der Waals surface area contributed by atoms with Gasteiger partial charge in [0.2, 0.25) is 5.91 Å². The van der Waals surface area contributed by atoms with Crippen molar-refractivity contribution in [1.82, 2.24) is 4.90 Å². The van der Waals surface area contributed by atoms with Crippen LogP contribution in [-0.4, -0.2) is 35.8 Å². The van der Waals surface area contributed by atoms with Crippen molar-refractivity contribution in [3.8, 4) is 0 Å². The molecule has 0 radical (unpaired) electrons. The van der Waals surface area contributed by atoms with Crippen molar-refractivity contribution in [2.24, 2.45) is 5.92 Å².